The molecular formula is C8H10N2OS. The Morgan fingerprint density at radius 3 is 3.00 bits per heavy atom. The zero-order valence-electron chi connectivity index (χ0n) is 6.53. The Labute approximate surface area is 76.2 Å². The van der Waals surface area contributed by atoms with Crippen molar-refractivity contribution in [2.45, 2.75) is 6.42 Å². The van der Waals surface area contributed by atoms with Gasteiger partial charge in [-0.2, -0.15) is 0 Å². The van der Waals surface area contributed by atoms with Crippen LogP contribution in [-0.2, 0) is 6.42 Å². The number of aliphatic hydroxyl groups excluding tert-OH is 1. The van der Waals surface area contributed by atoms with E-state index in [0.29, 0.717) is 11.4 Å². The number of hydrogen-bond acceptors (Lipinski definition) is 3. The number of pyridine rings is 1. The Hall–Kier alpha value is -1.00. The van der Waals surface area contributed by atoms with Gasteiger partial charge in [-0.1, -0.05) is 12.2 Å². The fourth-order valence-corrected chi connectivity index (χ4v) is 1.01. The first-order valence-corrected chi connectivity index (χ1v) is 4.00. The molecule has 64 valence electrons. The number of nitrogens with zero attached hydrogens (tertiary/aromatic N) is 1. The van der Waals surface area contributed by atoms with Crippen LogP contribution in [0.15, 0.2) is 18.3 Å². The van der Waals surface area contributed by atoms with Crippen molar-refractivity contribution < 1.29 is 5.11 Å². The summed E-state index contributed by atoms with van der Waals surface area (Å²) in [6.45, 7) is 0.0911. The van der Waals surface area contributed by atoms with Gasteiger partial charge < -0.3 is 10.8 Å². The van der Waals surface area contributed by atoms with Crippen molar-refractivity contribution in [2.75, 3.05) is 6.61 Å². The first-order chi connectivity index (χ1) is 5.74. The van der Waals surface area contributed by atoms with Gasteiger partial charge in [-0.05, 0) is 12.1 Å². The molecule has 0 saturated carbocycles. The molecular weight excluding hydrogens is 172 g/mol. The first-order valence-electron chi connectivity index (χ1n) is 3.59. The van der Waals surface area contributed by atoms with Gasteiger partial charge in [-0.3, -0.25) is 4.98 Å². The van der Waals surface area contributed by atoms with E-state index in [0.717, 1.165) is 11.3 Å². The van der Waals surface area contributed by atoms with Crippen LogP contribution < -0.4 is 5.73 Å². The fourth-order valence-electron chi connectivity index (χ4n) is 0.883. The van der Waals surface area contributed by atoms with Crippen molar-refractivity contribution in [3.8, 4) is 0 Å². The number of nitrogens with two attached hydrogens (primary N) is 1. The van der Waals surface area contributed by atoms with Crippen molar-refractivity contribution in [1.82, 2.24) is 4.98 Å². The van der Waals surface area contributed by atoms with E-state index in [9.17, 15) is 0 Å². The standard InChI is InChI=1S/C8H10N2OS/c9-8(12)6-1-3-10-7(5-6)2-4-11/h1,3,5,11H,2,4H2,(H2,9,12). The molecule has 1 heterocycles. The highest BCUT2D eigenvalue weighted by Crippen LogP contribution is 2.01. The molecule has 0 aromatic carbocycles. The zero-order valence-corrected chi connectivity index (χ0v) is 7.34. The van der Waals surface area contributed by atoms with Crippen LogP contribution in [0.25, 0.3) is 0 Å². The molecule has 0 atom stereocenters. The lowest BCUT2D eigenvalue weighted by atomic mass is 10.2. The summed E-state index contributed by atoms with van der Waals surface area (Å²) in [5.74, 6) is 0. The average molecular weight is 182 g/mol. The summed E-state index contributed by atoms with van der Waals surface area (Å²) < 4.78 is 0. The van der Waals surface area contributed by atoms with Crippen molar-refractivity contribution in [2.24, 2.45) is 5.73 Å². The second-order valence-corrected chi connectivity index (χ2v) is 2.81. The molecule has 0 saturated heterocycles. The van der Waals surface area contributed by atoms with Crippen LogP contribution in [0.1, 0.15) is 11.3 Å². The molecule has 0 unspecified atom stereocenters. The number of aromatic nitrogens is 1. The molecule has 3 nitrogen and oxygen atoms in total. The summed E-state index contributed by atoms with van der Waals surface area (Å²) in [4.78, 5) is 4.39. The lowest BCUT2D eigenvalue weighted by molar-refractivity contribution is 0.298. The van der Waals surface area contributed by atoms with Crippen molar-refractivity contribution >= 4 is 17.2 Å². The smallest absolute Gasteiger partial charge is 0.104 e. The van der Waals surface area contributed by atoms with Crippen LogP contribution in [0, 0.1) is 0 Å². The number of thiocarbonyl (C=S) groups is 1. The minimum absolute atomic E-state index is 0.0911. The minimum atomic E-state index is 0.0911. The first kappa shape index (κ1) is 9.09. The Kier molecular flexibility index (Phi) is 3.13. The van der Waals surface area contributed by atoms with Crippen molar-refractivity contribution in [3.05, 3.63) is 29.6 Å². The monoisotopic (exact) mass is 182 g/mol. The van der Waals surface area contributed by atoms with E-state index in [1.807, 2.05) is 0 Å². The van der Waals surface area contributed by atoms with Gasteiger partial charge in [-0.25, -0.2) is 0 Å². The lowest BCUT2D eigenvalue weighted by Crippen LogP contribution is -2.10. The molecule has 4 heteroatoms. The van der Waals surface area contributed by atoms with Crippen LogP contribution in [0.3, 0.4) is 0 Å². The van der Waals surface area contributed by atoms with Gasteiger partial charge in [0.1, 0.15) is 4.99 Å². The molecule has 12 heavy (non-hydrogen) atoms. The van der Waals surface area contributed by atoms with E-state index in [-0.39, 0.29) is 6.61 Å². The van der Waals surface area contributed by atoms with Gasteiger partial charge in [-0.15, -0.1) is 0 Å². The highest BCUT2D eigenvalue weighted by Gasteiger charge is 1.98. The molecule has 0 aliphatic rings. The van der Waals surface area contributed by atoms with Crippen LogP contribution in [0.4, 0.5) is 0 Å². The van der Waals surface area contributed by atoms with Gasteiger partial charge in [0.15, 0.2) is 0 Å². The van der Waals surface area contributed by atoms with E-state index in [1.165, 1.54) is 0 Å². The van der Waals surface area contributed by atoms with Crippen molar-refractivity contribution in [1.29, 1.82) is 0 Å². The molecule has 0 spiro atoms. The molecule has 1 aromatic heterocycles. The van der Waals surface area contributed by atoms with Gasteiger partial charge in [0.05, 0.1) is 0 Å². The van der Waals surface area contributed by atoms with E-state index < -0.39 is 0 Å². The van der Waals surface area contributed by atoms with E-state index in [1.54, 1.807) is 18.3 Å². The maximum absolute atomic E-state index is 8.65. The summed E-state index contributed by atoms with van der Waals surface area (Å²) in [6, 6.07) is 3.54. The third-order valence-corrected chi connectivity index (χ3v) is 1.70. The van der Waals surface area contributed by atoms with Crippen LogP contribution >= 0.6 is 12.2 Å². The Morgan fingerprint density at radius 1 is 1.67 bits per heavy atom. The third kappa shape index (κ3) is 2.25. The topological polar surface area (TPSA) is 59.1 Å². The average Bonchev–Trinajstić information content (AvgIpc) is 2.05. The molecule has 0 radical (unpaired) electrons. The van der Waals surface area contributed by atoms with Crippen molar-refractivity contribution in [3.63, 3.8) is 0 Å². The SMILES string of the molecule is NC(=S)c1ccnc(CCO)c1. The normalized spacial score (nSPS) is 9.75. The maximum Gasteiger partial charge on any atom is 0.104 e. The summed E-state index contributed by atoms with van der Waals surface area (Å²) in [7, 11) is 0. The highest BCUT2D eigenvalue weighted by molar-refractivity contribution is 7.80. The quantitative estimate of drug-likeness (QED) is 0.658. The van der Waals surface area contributed by atoms with Gasteiger partial charge in [0.2, 0.25) is 0 Å². The van der Waals surface area contributed by atoms with Crippen LogP contribution in [0.5, 0.6) is 0 Å². The van der Waals surface area contributed by atoms with E-state index >= 15 is 0 Å². The second-order valence-electron chi connectivity index (χ2n) is 2.37. The Morgan fingerprint density at radius 2 is 2.42 bits per heavy atom. The molecule has 1 rings (SSSR count). The predicted molar refractivity (Wildman–Crippen MR) is 50.9 cm³/mol. The molecule has 0 fully saturated rings. The minimum Gasteiger partial charge on any atom is -0.396 e. The largest absolute Gasteiger partial charge is 0.396 e. The summed E-state index contributed by atoms with van der Waals surface area (Å²) >= 11 is 4.79. The maximum atomic E-state index is 8.65. The molecule has 1 aromatic rings. The zero-order chi connectivity index (χ0) is 8.97. The summed E-state index contributed by atoms with van der Waals surface area (Å²) in [5, 5.41) is 8.65. The molecule has 0 bridgehead atoms. The molecule has 0 amide bonds. The van der Waals surface area contributed by atoms with Crippen LogP contribution in [-0.4, -0.2) is 21.7 Å². The lowest BCUT2D eigenvalue weighted by Gasteiger charge is -2.00. The predicted octanol–water partition coefficient (Wildman–Crippen LogP) is 0.251. The second kappa shape index (κ2) is 4.13. The number of hydrogen-bond donors (Lipinski definition) is 2. The summed E-state index contributed by atoms with van der Waals surface area (Å²) in [6.07, 6.45) is 2.18. The number of aliphatic hydroxyl groups is 1. The van der Waals surface area contributed by atoms with Crippen LogP contribution in [0.2, 0.25) is 0 Å². The Balaban J connectivity index is 2.88. The van der Waals surface area contributed by atoms with Gasteiger partial charge in [0.25, 0.3) is 0 Å². The summed E-state index contributed by atoms with van der Waals surface area (Å²) in [5.41, 5.74) is 7.02. The Bertz CT molecular complexity index is 288. The van der Waals surface area contributed by atoms with E-state index in [4.69, 9.17) is 23.1 Å². The molecule has 3 N–H and O–H groups in total. The highest BCUT2D eigenvalue weighted by atomic mass is 32.1. The fraction of sp³-hybridized carbons (Fsp3) is 0.250. The third-order valence-electron chi connectivity index (χ3n) is 1.47. The van der Waals surface area contributed by atoms with E-state index in [2.05, 4.69) is 4.98 Å². The van der Waals surface area contributed by atoms with Gasteiger partial charge >= 0.3 is 0 Å². The molecule has 0 aliphatic heterocycles. The number of rotatable bonds is 3. The molecule has 0 aliphatic carbocycles. The van der Waals surface area contributed by atoms with Gasteiger partial charge in [0, 0.05) is 30.5 Å².